The monoisotopic (exact) mass is 289 g/mol. The Labute approximate surface area is 123 Å². The van der Waals surface area contributed by atoms with Gasteiger partial charge in [-0.05, 0) is 24.6 Å². The lowest BCUT2D eigenvalue weighted by Gasteiger charge is -2.17. The van der Waals surface area contributed by atoms with Gasteiger partial charge in [0, 0.05) is 34.8 Å². The molecule has 0 aliphatic rings. The van der Waals surface area contributed by atoms with Gasteiger partial charge in [0.1, 0.15) is 0 Å². The summed E-state index contributed by atoms with van der Waals surface area (Å²) in [4.78, 5) is 16.6. The molecule has 0 aliphatic carbocycles. The lowest BCUT2D eigenvalue weighted by molar-refractivity contribution is 0.590. The first-order valence-corrected chi connectivity index (χ1v) is 7.61. The summed E-state index contributed by atoms with van der Waals surface area (Å²) in [6.07, 6.45) is 5.41. The van der Waals surface area contributed by atoms with Crippen LogP contribution in [-0.2, 0) is 6.54 Å². The standard InChI is InChI=1S/C15H19N3OS/c1-2-6-12(11-18-10-5-9-17-15(18)19)20-14-8-4-3-7-13(14)16/h3-5,7-10,12H,2,6,11,16H2,1H3. The van der Waals surface area contributed by atoms with E-state index in [1.807, 2.05) is 24.3 Å². The number of para-hydroxylation sites is 1. The molecular weight excluding hydrogens is 270 g/mol. The van der Waals surface area contributed by atoms with Gasteiger partial charge in [-0.25, -0.2) is 9.78 Å². The Bertz CT molecular complexity index is 612. The number of rotatable bonds is 6. The van der Waals surface area contributed by atoms with Crippen molar-refractivity contribution in [3.8, 4) is 0 Å². The molecule has 2 rings (SSSR count). The first kappa shape index (κ1) is 14.7. The Morgan fingerprint density at radius 2 is 2.15 bits per heavy atom. The van der Waals surface area contributed by atoms with Crippen LogP contribution in [-0.4, -0.2) is 14.8 Å². The van der Waals surface area contributed by atoms with Crippen molar-refractivity contribution in [2.24, 2.45) is 0 Å². The molecule has 1 aromatic carbocycles. The molecule has 2 aromatic rings. The number of anilines is 1. The second kappa shape index (κ2) is 7.14. The van der Waals surface area contributed by atoms with Crippen molar-refractivity contribution in [1.82, 2.24) is 9.55 Å². The zero-order valence-electron chi connectivity index (χ0n) is 11.5. The fourth-order valence-electron chi connectivity index (χ4n) is 2.02. The predicted octanol–water partition coefficient (Wildman–Crippen LogP) is 2.79. The normalized spacial score (nSPS) is 12.2. The van der Waals surface area contributed by atoms with Crippen molar-refractivity contribution in [3.05, 3.63) is 53.2 Å². The van der Waals surface area contributed by atoms with E-state index in [0.717, 1.165) is 23.4 Å². The van der Waals surface area contributed by atoms with Crippen LogP contribution in [0.4, 0.5) is 5.69 Å². The average molecular weight is 289 g/mol. The highest BCUT2D eigenvalue weighted by Crippen LogP contribution is 2.31. The zero-order valence-corrected chi connectivity index (χ0v) is 12.3. The van der Waals surface area contributed by atoms with E-state index in [2.05, 4.69) is 11.9 Å². The van der Waals surface area contributed by atoms with Crippen LogP contribution in [0.25, 0.3) is 0 Å². The van der Waals surface area contributed by atoms with E-state index in [1.54, 1.807) is 28.6 Å². The third-order valence-electron chi connectivity index (χ3n) is 3.01. The lowest BCUT2D eigenvalue weighted by atomic mass is 10.2. The summed E-state index contributed by atoms with van der Waals surface area (Å²) in [5, 5.41) is 0.312. The molecule has 0 radical (unpaired) electrons. The third-order valence-corrected chi connectivity index (χ3v) is 4.35. The molecule has 5 heteroatoms. The highest BCUT2D eigenvalue weighted by molar-refractivity contribution is 8.00. The van der Waals surface area contributed by atoms with Crippen molar-refractivity contribution in [1.29, 1.82) is 0 Å². The van der Waals surface area contributed by atoms with Crippen LogP contribution in [0.15, 0.2) is 52.4 Å². The van der Waals surface area contributed by atoms with E-state index in [4.69, 9.17) is 5.73 Å². The number of hydrogen-bond donors (Lipinski definition) is 1. The van der Waals surface area contributed by atoms with E-state index in [1.165, 1.54) is 6.20 Å². The Hall–Kier alpha value is -1.75. The summed E-state index contributed by atoms with van der Waals surface area (Å²) in [6.45, 7) is 2.80. The van der Waals surface area contributed by atoms with E-state index in [9.17, 15) is 4.79 Å². The van der Waals surface area contributed by atoms with Crippen molar-refractivity contribution >= 4 is 17.4 Å². The molecule has 1 unspecified atom stereocenters. The van der Waals surface area contributed by atoms with Gasteiger partial charge in [0.15, 0.2) is 0 Å². The number of benzene rings is 1. The Kier molecular flexibility index (Phi) is 5.24. The van der Waals surface area contributed by atoms with Crippen LogP contribution in [0.1, 0.15) is 19.8 Å². The van der Waals surface area contributed by atoms with Crippen LogP contribution >= 0.6 is 11.8 Å². The average Bonchev–Trinajstić information content (AvgIpc) is 2.44. The van der Waals surface area contributed by atoms with Gasteiger partial charge in [-0.1, -0.05) is 25.5 Å². The number of aromatic nitrogens is 2. The molecule has 1 heterocycles. The van der Waals surface area contributed by atoms with Gasteiger partial charge in [0.05, 0.1) is 0 Å². The van der Waals surface area contributed by atoms with Crippen LogP contribution in [0.5, 0.6) is 0 Å². The van der Waals surface area contributed by atoms with Gasteiger partial charge < -0.3 is 5.73 Å². The van der Waals surface area contributed by atoms with E-state index in [0.29, 0.717) is 11.8 Å². The lowest BCUT2D eigenvalue weighted by Crippen LogP contribution is -2.26. The number of thioether (sulfide) groups is 1. The summed E-state index contributed by atoms with van der Waals surface area (Å²) < 4.78 is 1.66. The Morgan fingerprint density at radius 1 is 1.35 bits per heavy atom. The van der Waals surface area contributed by atoms with E-state index in [-0.39, 0.29) is 5.69 Å². The van der Waals surface area contributed by atoms with Crippen LogP contribution in [0, 0.1) is 0 Å². The fraction of sp³-hybridized carbons (Fsp3) is 0.333. The Balaban J connectivity index is 2.14. The second-order valence-corrected chi connectivity index (χ2v) is 5.96. The highest BCUT2D eigenvalue weighted by Gasteiger charge is 2.13. The molecule has 0 bridgehead atoms. The summed E-state index contributed by atoms with van der Waals surface area (Å²) in [5.41, 5.74) is 6.58. The first-order valence-electron chi connectivity index (χ1n) is 6.73. The molecule has 106 valence electrons. The van der Waals surface area contributed by atoms with Gasteiger partial charge in [0.25, 0.3) is 0 Å². The van der Waals surface area contributed by atoms with Crippen LogP contribution in [0.2, 0.25) is 0 Å². The quantitative estimate of drug-likeness (QED) is 0.656. The molecule has 4 nitrogen and oxygen atoms in total. The maximum absolute atomic E-state index is 11.7. The SMILES string of the molecule is CCCC(Cn1cccnc1=O)Sc1ccccc1N. The Morgan fingerprint density at radius 3 is 2.85 bits per heavy atom. The maximum Gasteiger partial charge on any atom is 0.347 e. The molecule has 1 aromatic heterocycles. The number of nitrogens with zero attached hydrogens (tertiary/aromatic N) is 2. The van der Waals surface area contributed by atoms with Crippen LogP contribution in [0.3, 0.4) is 0 Å². The number of nitrogen functional groups attached to an aromatic ring is 1. The highest BCUT2D eigenvalue weighted by atomic mass is 32.2. The predicted molar refractivity (Wildman–Crippen MR) is 83.9 cm³/mol. The molecule has 0 spiro atoms. The summed E-state index contributed by atoms with van der Waals surface area (Å²) >= 11 is 1.73. The van der Waals surface area contributed by atoms with Gasteiger partial charge >= 0.3 is 5.69 Å². The molecule has 0 aliphatic heterocycles. The zero-order chi connectivity index (χ0) is 14.4. The molecule has 2 N–H and O–H groups in total. The molecule has 0 saturated carbocycles. The number of hydrogen-bond acceptors (Lipinski definition) is 4. The summed E-state index contributed by atoms with van der Waals surface area (Å²) in [5.74, 6) is 0. The maximum atomic E-state index is 11.7. The van der Waals surface area contributed by atoms with Crippen molar-refractivity contribution in [2.75, 3.05) is 5.73 Å². The fourth-order valence-corrected chi connectivity index (χ4v) is 3.33. The van der Waals surface area contributed by atoms with Gasteiger partial charge in [-0.2, -0.15) is 0 Å². The van der Waals surface area contributed by atoms with Gasteiger partial charge in [0.2, 0.25) is 0 Å². The molecule has 0 saturated heterocycles. The molecule has 1 atom stereocenters. The minimum absolute atomic E-state index is 0.199. The van der Waals surface area contributed by atoms with Crippen molar-refractivity contribution < 1.29 is 0 Å². The van der Waals surface area contributed by atoms with E-state index >= 15 is 0 Å². The minimum atomic E-state index is -0.199. The molecular formula is C15H19N3OS. The van der Waals surface area contributed by atoms with E-state index < -0.39 is 0 Å². The second-order valence-electron chi connectivity index (χ2n) is 4.62. The smallest absolute Gasteiger partial charge is 0.347 e. The van der Waals surface area contributed by atoms with Crippen molar-refractivity contribution in [3.63, 3.8) is 0 Å². The molecule has 0 fully saturated rings. The minimum Gasteiger partial charge on any atom is -0.398 e. The molecule has 0 amide bonds. The number of nitrogens with two attached hydrogens (primary N) is 1. The topological polar surface area (TPSA) is 60.9 Å². The van der Waals surface area contributed by atoms with Gasteiger partial charge in [-0.15, -0.1) is 11.8 Å². The summed E-state index contributed by atoms with van der Waals surface area (Å²) in [6, 6.07) is 9.62. The summed E-state index contributed by atoms with van der Waals surface area (Å²) in [7, 11) is 0. The van der Waals surface area contributed by atoms with Crippen LogP contribution < -0.4 is 11.4 Å². The molecule has 20 heavy (non-hydrogen) atoms. The third kappa shape index (κ3) is 3.87. The van der Waals surface area contributed by atoms with Crippen molar-refractivity contribution in [2.45, 2.75) is 36.5 Å². The van der Waals surface area contributed by atoms with Gasteiger partial charge in [-0.3, -0.25) is 4.57 Å². The largest absolute Gasteiger partial charge is 0.398 e. The first-order chi connectivity index (χ1) is 9.70.